The zero-order chi connectivity index (χ0) is 12.5. The molecule has 0 spiro atoms. The third kappa shape index (κ3) is 2.49. The van der Waals surface area contributed by atoms with Crippen LogP contribution in [0.5, 0.6) is 0 Å². The van der Waals surface area contributed by atoms with Gasteiger partial charge in [0, 0.05) is 28.6 Å². The summed E-state index contributed by atoms with van der Waals surface area (Å²) < 4.78 is 2.28. The van der Waals surface area contributed by atoms with Crippen LogP contribution in [0.3, 0.4) is 0 Å². The molecule has 3 rings (SSSR count). The zero-order valence-corrected chi connectivity index (χ0v) is 11.4. The summed E-state index contributed by atoms with van der Waals surface area (Å²) in [5.74, 6) is 0.913. The Labute approximate surface area is 115 Å². The van der Waals surface area contributed by atoms with Crippen LogP contribution in [0.15, 0.2) is 35.6 Å². The van der Waals surface area contributed by atoms with Gasteiger partial charge in [-0.05, 0) is 31.0 Å². The molecule has 1 aliphatic rings. The Bertz CT molecular complexity index is 563. The number of nitrogens with two attached hydrogens (primary N) is 1. The summed E-state index contributed by atoms with van der Waals surface area (Å²) in [6, 6.07) is 6.45. The first-order valence-electron chi connectivity index (χ1n) is 5.92. The van der Waals surface area contributed by atoms with E-state index in [-0.39, 0.29) is 0 Å². The first-order chi connectivity index (χ1) is 8.74. The van der Waals surface area contributed by atoms with Crippen LogP contribution in [0.4, 0.5) is 5.69 Å². The monoisotopic (exact) mass is 279 g/mol. The van der Waals surface area contributed by atoms with Crippen molar-refractivity contribution < 1.29 is 0 Å². The normalized spacial score (nSPS) is 14.9. The molecule has 5 heteroatoms. The van der Waals surface area contributed by atoms with Gasteiger partial charge in [0.15, 0.2) is 0 Å². The minimum absolute atomic E-state index is 0.621. The molecular formula is C13H14ClN3S. The van der Waals surface area contributed by atoms with Gasteiger partial charge in [-0.25, -0.2) is 4.98 Å². The first-order valence-corrected chi connectivity index (χ1v) is 7.29. The largest absolute Gasteiger partial charge is 0.398 e. The van der Waals surface area contributed by atoms with Crippen LogP contribution in [0, 0.1) is 0 Å². The topological polar surface area (TPSA) is 43.8 Å². The van der Waals surface area contributed by atoms with Gasteiger partial charge in [-0.3, -0.25) is 0 Å². The molecule has 1 aromatic heterocycles. The number of rotatable bonds is 4. The van der Waals surface area contributed by atoms with Crippen molar-refractivity contribution in [3.8, 4) is 0 Å². The van der Waals surface area contributed by atoms with Crippen LogP contribution >= 0.6 is 23.4 Å². The van der Waals surface area contributed by atoms with E-state index >= 15 is 0 Å². The minimum Gasteiger partial charge on any atom is -0.398 e. The number of anilines is 1. The van der Waals surface area contributed by atoms with E-state index in [0.717, 1.165) is 10.6 Å². The smallest absolute Gasteiger partial charge is 0.0951 e. The van der Waals surface area contributed by atoms with Gasteiger partial charge >= 0.3 is 0 Å². The highest BCUT2D eigenvalue weighted by Gasteiger charge is 2.24. The van der Waals surface area contributed by atoms with Crippen molar-refractivity contribution in [3.63, 3.8) is 0 Å². The van der Waals surface area contributed by atoms with E-state index in [9.17, 15) is 0 Å². The Morgan fingerprint density at radius 1 is 1.44 bits per heavy atom. The summed E-state index contributed by atoms with van der Waals surface area (Å²) in [6.45, 7) is 0. The quantitative estimate of drug-likeness (QED) is 0.685. The Kier molecular flexibility index (Phi) is 3.22. The van der Waals surface area contributed by atoms with Gasteiger partial charge in [0.2, 0.25) is 0 Å². The number of hydrogen-bond donors (Lipinski definition) is 1. The molecule has 0 aliphatic heterocycles. The molecule has 2 N–H and O–H groups in total. The number of aromatic nitrogens is 2. The van der Waals surface area contributed by atoms with E-state index in [0.29, 0.717) is 16.8 Å². The molecule has 18 heavy (non-hydrogen) atoms. The summed E-state index contributed by atoms with van der Waals surface area (Å²) >= 11 is 7.77. The third-order valence-corrected chi connectivity index (χ3v) is 4.40. The summed E-state index contributed by atoms with van der Waals surface area (Å²) in [5.41, 5.74) is 7.60. The Morgan fingerprint density at radius 2 is 2.28 bits per heavy atom. The second-order valence-corrected chi connectivity index (χ2v) is 5.95. The van der Waals surface area contributed by atoms with Gasteiger partial charge < -0.3 is 10.3 Å². The molecule has 0 atom stereocenters. The molecule has 1 fully saturated rings. The van der Waals surface area contributed by atoms with Gasteiger partial charge in [-0.15, -0.1) is 11.8 Å². The van der Waals surface area contributed by atoms with Gasteiger partial charge in [-0.1, -0.05) is 11.6 Å². The highest BCUT2D eigenvalue weighted by Crippen LogP contribution is 2.37. The highest BCUT2D eigenvalue weighted by atomic mass is 35.5. The number of hydrogen-bond acceptors (Lipinski definition) is 3. The SMILES string of the molecule is Nc1ccc(SCc2cncn2C2CC2)cc1Cl. The lowest BCUT2D eigenvalue weighted by atomic mass is 10.3. The average Bonchev–Trinajstić information content (AvgIpc) is 3.10. The lowest BCUT2D eigenvalue weighted by molar-refractivity contribution is 0.714. The van der Waals surface area contributed by atoms with E-state index in [4.69, 9.17) is 17.3 Å². The van der Waals surface area contributed by atoms with Crippen molar-refractivity contribution in [2.45, 2.75) is 29.5 Å². The van der Waals surface area contributed by atoms with E-state index < -0.39 is 0 Å². The maximum Gasteiger partial charge on any atom is 0.0951 e. The van der Waals surface area contributed by atoms with Crippen molar-refractivity contribution in [2.75, 3.05) is 5.73 Å². The molecule has 0 amide bonds. The number of imidazole rings is 1. The fraction of sp³-hybridized carbons (Fsp3) is 0.308. The summed E-state index contributed by atoms with van der Waals surface area (Å²) in [4.78, 5) is 5.37. The van der Waals surface area contributed by atoms with Crippen molar-refractivity contribution in [1.82, 2.24) is 9.55 Å². The van der Waals surface area contributed by atoms with Crippen LogP contribution in [0.2, 0.25) is 5.02 Å². The van der Waals surface area contributed by atoms with Crippen molar-refractivity contribution in [3.05, 3.63) is 41.4 Å². The van der Waals surface area contributed by atoms with Gasteiger partial charge in [0.25, 0.3) is 0 Å². The van der Waals surface area contributed by atoms with Crippen LogP contribution in [0.25, 0.3) is 0 Å². The lowest BCUT2D eigenvalue weighted by Gasteiger charge is -2.07. The van der Waals surface area contributed by atoms with Crippen LogP contribution < -0.4 is 5.73 Å². The maximum atomic E-state index is 6.01. The predicted octanol–water partition coefficient (Wildman–Crippen LogP) is 3.75. The van der Waals surface area contributed by atoms with E-state index in [1.807, 2.05) is 30.7 Å². The fourth-order valence-corrected chi connectivity index (χ4v) is 3.03. The first kappa shape index (κ1) is 11.9. The molecule has 94 valence electrons. The molecule has 0 unspecified atom stereocenters. The summed E-state index contributed by atoms with van der Waals surface area (Å²) in [5, 5.41) is 0.621. The molecule has 1 aromatic carbocycles. The Balaban J connectivity index is 1.69. The van der Waals surface area contributed by atoms with Crippen molar-refractivity contribution >= 4 is 29.1 Å². The third-order valence-electron chi connectivity index (χ3n) is 3.05. The van der Waals surface area contributed by atoms with E-state index in [1.54, 1.807) is 11.8 Å². The van der Waals surface area contributed by atoms with Gasteiger partial charge in [0.05, 0.1) is 17.0 Å². The molecular weight excluding hydrogens is 266 g/mol. The maximum absolute atomic E-state index is 6.01. The Hall–Kier alpha value is -1.13. The number of nitrogen functional groups attached to an aromatic ring is 1. The average molecular weight is 280 g/mol. The number of nitrogens with zero attached hydrogens (tertiary/aromatic N) is 2. The second kappa shape index (κ2) is 4.86. The molecule has 0 bridgehead atoms. The Morgan fingerprint density at radius 3 is 3.00 bits per heavy atom. The standard InChI is InChI=1S/C13H14ClN3S/c14-12-5-11(3-4-13(12)15)18-7-10-6-16-8-17(10)9-1-2-9/h3-6,8-9H,1-2,7,15H2. The predicted molar refractivity (Wildman–Crippen MR) is 75.9 cm³/mol. The molecule has 1 saturated carbocycles. The van der Waals surface area contributed by atoms with E-state index in [2.05, 4.69) is 9.55 Å². The molecule has 1 aliphatic carbocycles. The molecule has 0 radical (unpaired) electrons. The highest BCUT2D eigenvalue weighted by molar-refractivity contribution is 7.98. The van der Waals surface area contributed by atoms with Crippen LogP contribution in [-0.2, 0) is 5.75 Å². The van der Waals surface area contributed by atoms with Crippen molar-refractivity contribution in [2.24, 2.45) is 0 Å². The van der Waals surface area contributed by atoms with E-state index in [1.165, 1.54) is 18.5 Å². The molecule has 0 saturated heterocycles. The fourth-order valence-electron chi connectivity index (χ4n) is 1.88. The zero-order valence-electron chi connectivity index (χ0n) is 9.84. The van der Waals surface area contributed by atoms with Crippen molar-refractivity contribution in [1.29, 1.82) is 0 Å². The molecule has 3 nitrogen and oxygen atoms in total. The second-order valence-electron chi connectivity index (χ2n) is 4.50. The van der Waals surface area contributed by atoms with Gasteiger partial charge in [0.1, 0.15) is 0 Å². The van der Waals surface area contributed by atoms with Crippen LogP contribution in [0.1, 0.15) is 24.6 Å². The summed E-state index contributed by atoms with van der Waals surface area (Å²) in [7, 11) is 0. The number of halogens is 1. The minimum atomic E-state index is 0.621. The van der Waals surface area contributed by atoms with Crippen LogP contribution in [-0.4, -0.2) is 9.55 Å². The van der Waals surface area contributed by atoms with Gasteiger partial charge in [-0.2, -0.15) is 0 Å². The summed E-state index contributed by atoms with van der Waals surface area (Å²) in [6.07, 6.45) is 6.44. The number of thioether (sulfide) groups is 1. The lowest BCUT2D eigenvalue weighted by Crippen LogP contribution is -1.97. The number of benzene rings is 1. The molecule has 2 aromatic rings. The molecule has 1 heterocycles.